The van der Waals surface area contributed by atoms with Crippen molar-refractivity contribution in [3.8, 4) is 0 Å². The van der Waals surface area contributed by atoms with E-state index >= 15 is 0 Å². The predicted octanol–water partition coefficient (Wildman–Crippen LogP) is 1.02. The van der Waals surface area contributed by atoms with Gasteiger partial charge in [0.1, 0.15) is 0 Å². The van der Waals surface area contributed by atoms with E-state index < -0.39 is 12.3 Å². The van der Waals surface area contributed by atoms with Gasteiger partial charge in [-0.1, -0.05) is 42.5 Å². The standard InChI is InChI=1S/C13H15NO2/c14-12(13(15)16)8-10-6-3-5-9-4-1-2-7-11(9)10/h1-7,12-13,15-16H,8,14H2. The summed E-state index contributed by atoms with van der Waals surface area (Å²) in [6.07, 6.45) is -1.02. The lowest BCUT2D eigenvalue weighted by atomic mass is 9.99. The number of fused-ring (bicyclic) bond motifs is 1. The zero-order chi connectivity index (χ0) is 11.5. The molecule has 2 aromatic carbocycles. The van der Waals surface area contributed by atoms with E-state index in [-0.39, 0.29) is 0 Å². The third-order valence-electron chi connectivity index (χ3n) is 2.72. The molecule has 0 aliphatic heterocycles. The van der Waals surface area contributed by atoms with Crippen molar-refractivity contribution in [3.05, 3.63) is 48.0 Å². The zero-order valence-corrected chi connectivity index (χ0v) is 8.88. The molecule has 3 nitrogen and oxygen atoms in total. The molecular weight excluding hydrogens is 202 g/mol. The lowest BCUT2D eigenvalue weighted by Gasteiger charge is -2.14. The van der Waals surface area contributed by atoms with Crippen molar-refractivity contribution in [3.63, 3.8) is 0 Å². The van der Waals surface area contributed by atoms with Crippen LogP contribution in [-0.4, -0.2) is 22.5 Å². The Labute approximate surface area is 94.1 Å². The highest BCUT2D eigenvalue weighted by atomic mass is 16.5. The first kappa shape index (κ1) is 11.1. The summed E-state index contributed by atoms with van der Waals surface area (Å²) in [5.74, 6) is 0. The van der Waals surface area contributed by atoms with Crippen LogP contribution in [0.1, 0.15) is 5.56 Å². The molecule has 0 aliphatic rings. The van der Waals surface area contributed by atoms with Gasteiger partial charge in [-0.25, -0.2) is 0 Å². The third kappa shape index (κ3) is 2.22. The minimum atomic E-state index is -1.47. The van der Waals surface area contributed by atoms with Crippen LogP contribution in [0.2, 0.25) is 0 Å². The van der Waals surface area contributed by atoms with E-state index in [1.807, 2.05) is 42.5 Å². The molecule has 2 rings (SSSR count). The normalized spacial score (nSPS) is 13.2. The number of benzene rings is 2. The molecule has 0 bridgehead atoms. The fourth-order valence-corrected chi connectivity index (χ4v) is 1.83. The Morgan fingerprint density at radius 1 is 1.00 bits per heavy atom. The van der Waals surface area contributed by atoms with Gasteiger partial charge in [0.25, 0.3) is 0 Å². The Morgan fingerprint density at radius 2 is 1.69 bits per heavy atom. The summed E-state index contributed by atoms with van der Waals surface area (Å²) in [5.41, 5.74) is 6.68. The number of rotatable bonds is 3. The maximum absolute atomic E-state index is 8.98. The predicted molar refractivity (Wildman–Crippen MR) is 63.9 cm³/mol. The Bertz CT molecular complexity index is 477. The molecule has 84 valence electrons. The first-order chi connectivity index (χ1) is 7.68. The van der Waals surface area contributed by atoms with Crippen molar-refractivity contribution in [2.75, 3.05) is 0 Å². The summed E-state index contributed by atoms with van der Waals surface area (Å²) in [6.45, 7) is 0. The average molecular weight is 217 g/mol. The van der Waals surface area contributed by atoms with Crippen LogP contribution in [0.4, 0.5) is 0 Å². The second-order valence-corrected chi connectivity index (χ2v) is 3.92. The van der Waals surface area contributed by atoms with Crippen molar-refractivity contribution in [1.29, 1.82) is 0 Å². The van der Waals surface area contributed by atoms with E-state index in [1.54, 1.807) is 0 Å². The molecule has 1 unspecified atom stereocenters. The van der Waals surface area contributed by atoms with Crippen LogP contribution in [0.5, 0.6) is 0 Å². The van der Waals surface area contributed by atoms with E-state index in [9.17, 15) is 0 Å². The van der Waals surface area contributed by atoms with Crippen LogP contribution in [0.3, 0.4) is 0 Å². The van der Waals surface area contributed by atoms with Gasteiger partial charge in [-0.05, 0) is 22.8 Å². The molecule has 4 N–H and O–H groups in total. The largest absolute Gasteiger partial charge is 0.367 e. The fourth-order valence-electron chi connectivity index (χ4n) is 1.83. The Balaban J connectivity index is 2.37. The van der Waals surface area contributed by atoms with Crippen molar-refractivity contribution in [2.45, 2.75) is 18.8 Å². The molecular formula is C13H15NO2. The zero-order valence-electron chi connectivity index (χ0n) is 8.88. The Hall–Kier alpha value is -1.42. The molecule has 0 fully saturated rings. The van der Waals surface area contributed by atoms with Crippen LogP contribution in [0.15, 0.2) is 42.5 Å². The van der Waals surface area contributed by atoms with Crippen LogP contribution in [0.25, 0.3) is 10.8 Å². The van der Waals surface area contributed by atoms with Gasteiger partial charge < -0.3 is 15.9 Å². The molecule has 0 saturated carbocycles. The van der Waals surface area contributed by atoms with Crippen molar-refractivity contribution in [2.24, 2.45) is 5.73 Å². The maximum Gasteiger partial charge on any atom is 0.167 e. The van der Waals surface area contributed by atoms with Crippen LogP contribution in [-0.2, 0) is 6.42 Å². The molecule has 0 heterocycles. The first-order valence-corrected chi connectivity index (χ1v) is 5.27. The molecule has 1 atom stereocenters. The minimum Gasteiger partial charge on any atom is -0.367 e. The van der Waals surface area contributed by atoms with Gasteiger partial charge in [-0.15, -0.1) is 0 Å². The summed E-state index contributed by atoms with van der Waals surface area (Å²) in [4.78, 5) is 0. The summed E-state index contributed by atoms with van der Waals surface area (Å²) in [7, 11) is 0. The summed E-state index contributed by atoms with van der Waals surface area (Å²) in [5, 5.41) is 20.2. The monoisotopic (exact) mass is 217 g/mol. The molecule has 0 radical (unpaired) electrons. The smallest absolute Gasteiger partial charge is 0.167 e. The van der Waals surface area contributed by atoms with Gasteiger partial charge in [-0.2, -0.15) is 0 Å². The second-order valence-electron chi connectivity index (χ2n) is 3.92. The maximum atomic E-state index is 8.98. The third-order valence-corrected chi connectivity index (χ3v) is 2.72. The highest BCUT2D eigenvalue weighted by Gasteiger charge is 2.12. The number of aliphatic hydroxyl groups excluding tert-OH is 1. The SMILES string of the molecule is NC(Cc1cccc2ccccc12)C(O)O. The summed E-state index contributed by atoms with van der Waals surface area (Å²) in [6, 6.07) is 13.3. The average Bonchev–Trinajstić information content (AvgIpc) is 2.29. The van der Waals surface area contributed by atoms with Gasteiger partial charge in [-0.3, -0.25) is 0 Å². The fraction of sp³-hybridized carbons (Fsp3) is 0.231. The Morgan fingerprint density at radius 3 is 2.44 bits per heavy atom. The molecule has 0 spiro atoms. The Kier molecular flexibility index (Phi) is 3.19. The van der Waals surface area contributed by atoms with Gasteiger partial charge >= 0.3 is 0 Å². The van der Waals surface area contributed by atoms with Crippen LogP contribution in [0, 0.1) is 0 Å². The van der Waals surface area contributed by atoms with Gasteiger partial charge in [0.15, 0.2) is 6.29 Å². The second kappa shape index (κ2) is 4.61. The molecule has 16 heavy (non-hydrogen) atoms. The number of aliphatic hydroxyl groups is 2. The van der Waals surface area contributed by atoms with Gasteiger partial charge in [0.05, 0.1) is 6.04 Å². The highest BCUT2D eigenvalue weighted by Crippen LogP contribution is 2.19. The molecule has 0 aromatic heterocycles. The molecule has 2 aromatic rings. The van der Waals surface area contributed by atoms with Gasteiger partial charge in [0, 0.05) is 0 Å². The van der Waals surface area contributed by atoms with Crippen LogP contribution < -0.4 is 5.73 Å². The van der Waals surface area contributed by atoms with Crippen molar-refractivity contribution in [1.82, 2.24) is 0 Å². The quantitative estimate of drug-likeness (QED) is 0.672. The summed E-state index contributed by atoms with van der Waals surface area (Å²) < 4.78 is 0. The first-order valence-electron chi connectivity index (χ1n) is 5.27. The topological polar surface area (TPSA) is 66.5 Å². The highest BCUT2D eigenvalue weighted by molar-refractivity contribution is 5.85. The van der Waals surface area contributed by atoms with Crippen molar-refractivity contribution < 1.29 is 10.2 Å². The van der Waals surface area contributed by atoms with Gasteiger partial charge in [0.2, 0.25) is 0 Å². The molecule has 3 heteroatoms. The summed E-state index contributed by atoms with van der Waals surface area (Å²) >= 11 is 0. The van der Waals surface area contributed by atoms with Crippen LogP contribution >= 0.6 is 0 Å². The van der Waals surface area contributed by atoms with Crippen molar-refractivity contribution >= 4 is 10.8 Å². The molecule has 0 aliphatic carbocycles. The van der Waals surface area contributed by atoms with E-state index in [2.05, 4.69) is 0 Å². The van der Waals surface area contributed by atoms with E-state index in [0.29, 0.717) is 6.42 Å². The lowest BCUT2D eigenvalue weighted by Crippen LogP contribution is -2.36. The number of nitrogens with two attached hydrogens (primary N) is 1. The molecule has 0 amide bonds. The van der Waals surface area contributed by atoms with E-state index in [4.69, 9.17) is 15.9 Å². The number of hydrogen-bond donors (Lipinski definition) is 3. The minimum absolute atomic E-state index is 0.457. The van der Waals surface area contributed by atoms with E-state index in [0.717, 1.165) is 16.3 Å². The lowest BCUT2D eigenvalue weighted by molar-refractivity contribution is -0.0576. The molecule has 0 saturated heterocycles. The van der Waals surface area contributed by atoms with E-state index in [1.165, 1.54) is 0 Å². The number of hydrogen-bond acceptors (Lipinski definition) is 3.